The molecule has 0 N–H and O–H groups in total. The van der Waals surface area contributed by atoms with Gasteiger partial charge in [0.25, 0.3) is 0 Å². The Hall–Kier alpha value is -0.600. The smallest absolute Gasteiger partial charge is 0.326 e. The number of nitrogens with zero attached hydrogens (tertiary/aromatic N) is 2. The molecule has 1 aliphatic rings. The normalized spacial score (nSPS) is 16.9. The molecule has 0 bridgehead atoms. The van der Waals surface area contributed by atoms with Crippen molar-refractivity contribution < 1.29 is 47.7 Å². The number of hydrogen-bond acceptors (Lipinski definition) is 4. The van der Waals surface area contributed by atoms with Crippen LogP contribution in [0.1, 0.15) is 90.9 Å². The summed E-state index contributed by atoms with van der Waals surface area (Å²) in [5, 5.41) is 0. The standard InChI is InChI=1S/C12H21F6NO4S2.C9H20N/c1-2-3-4-5-6-7-8-9-10-19(24(20,21)11(13,14)15)25(22,23)12(16,17)18;1-3-4-7-10(2)8-5-6-9-10/h2-10H2,1H3;3-9H2,1-2H3/q;+1. The van der Waals surface area contributed by atoms with Gasteiger partial charge in [0.15, 0.2) is 0 Å². The van der Waals surface area contributed by atoms with Gasteiger partial charge >= 0.3 is 31.1 Å². The van der Waals surface area contributed by atoms with Crippen molar-refractivity contribution in [2.24, 2.45) is 0 Å². The number of quaternary nitrogens is 1. The Kier molecular flexibility index (Phi) is 14.7. The Bertz CT molecular complexity index is 750. The van der Waals surface area contributed by atoms with Crippen molar-refractivity contribution in [1.82, 2.24) is 3.71 Å². The average Bonchev–Trinajstić information content (AvgIpc) is 3.16. The molecule has 1 heterocycles. The maximum Gasteiger partial charge on any atom is 0.512 e. The fourth-order valence-electron chi connectivity index (χ4n) is 3.84. The highest BCUT2D eigenvalue weighted by Crippen LogP contribution is 2.35. The molecule has 0 amide bonds. The molecule has 1 aliphatic heterocycles. The van der Waals surface area contributed by atoms with Gasteiger partial charge in [-0.15, -0.1) is 0 Å². The van der Waals surface area contributed by atoms with Crippen LogP contribution in [0.2, 0.25) is 0 Å². The quantitative estimate of drug-likeness (QED) is 0.144. The van der Waals surface area contributed by atoms with E-state index in [2.05, 4.69) is 14.0 Å². The van der Waals surface area contributed by atoms with E-state index in [4.69, 9.17) is 0 Å². The van der Waals surface area contributed by atoms with Gasteiger partial charge in [0.1, 0.15) is 0 Å². The Balaban J connectivity index is 0.000000952. The minimum absolute atomic E-state index is 0.114. The van der Waals surface area contributed by atoms with Crippen molar-refractivity contribution in [2.75, 3.05) is 33.2 Å². The molecule has 212 valence electrons. The van der Waals surface area contributed by atoms with Crippen molar-refractivity contribution in [3.63, 3.8) is 0 Å². The van der Waals surface area contributed by atoms with E-state index in [0.717, 1.165) is 25.7 Å². The zero-order chi connectivity index (χ0) is 27.4. The van der Waals surface area contributed by atoms with Gasteiger partial charge in [-0.05, 0) is 12.8 Å². The zero-order valence-electron chi connectivity index (χ0n) is 20.9. The summed E-state index contributed by atoms with van der Waals surface area (Å²) < 4.78 is 120. The zero-order valence-corrected chi connectivity index (χ0v) is 22.6. The summed E-state index contributed by atoms with van der Waals surface area (Å²) >= 11 is 0. The van der Waals surface area contributed by atoms with Gasteiger partial charge in [-0.2, -0.15) is 26.3 Å². The van der Waals surface area contributed by atoms with E-state index >= 15 is 0 Å². The number of halogens is 6. The molecule has 0 aromatic heterocycles. The molecule has 1 rings (SSSR count). The topological polar surface area (TPSA) is 71.5 Å². The molecule has 0 aromatic carbocycles. The lowest BCUT2D eigenvalue weighted by molar-refractivity contribution is -0.897. The van der Waals surface area contributed by atoms with E-state index in [1.165, 1.54) is 49.8 Å². The Morgan fingerprint density at radius 2 is 1.03 bits per heavy atom. The molecule has 6 nitrogen and oxygen atoms in total. The van der Waals surface area contributed by atoms with E-state index in [1.54, 1.807) is 0 Å². The molecule has 0 aliphatic carbocycles. The molecular formula is C21H41F6N2O4S2+. The van der Waals surface area contributed by atoms with Crippen LogP contribution >= 0.6 is 0 Å². The van der Waals surface area contributed by atoms with Crippen LogP contribution in [0.5, 0.6) is 0 Å². The lowest BCUT2D eigenvalue weighted by atomic mass is 10.1. The van der Waals surface area contributed by atoms with Crippen LogP contribution in [0.25, 0.3) is 0 Å². The molecule has 14 heteroatoms. The van der Waals surface area contributed by atoms with Gasteiger partial charge in [0.05, 0.1) is 26.7 Å². The molecule has 35 heavy (non-hydrogen) atoms. The van der Waals surface area contributed by atoms with Gasteiger partial charge in [0.2, 0.25) is 0 Å². The molecule has 0 saturated carbocycles. The third-order valence-corrected chi connectivity index (χ3v) is 9.80. The van der Waals surface area contributed by atoms with Gasteiger partial charge in [-0.1, -0.05) is 68.9 Å². The van der Waals surface area contributed by atoms with Crippen LogP contribution in [0.15, 0.2) is 0 Å². The fourth-order valence-corrected chi connectivity index (χ4v) is 6.58. The van der Waals surface area contributed by atoms with E-state index in [1.807, 2.05) is 6.92 Å². The molecule has 1 saturated heterocycles. The summed E-state index contributed by atoms with van der Waals surface area (Å²) in [5.41, 5.74) is -12.3. The van der Waals surface area contributed by atoms with E-state index in [9.17, 15) is 43.2 Å². The van der Waals surface area contributed by atoms with E-state index in [0.29, 0.717) is 12.8 Å². The third-order valence-electron chi connectivity index (χ3n) is 6.01. The second-order valence-corrected chi connectivity index (χ2v) is 13.2. The summed E-state index contributed by atoms with van der Waals surface area (Å²) in [4.78, 5) is 0. The molecule has 1 fully saturated rings. The molecule has 0 atom stereocenters. The molecular weight excluding hydrogens is 522 g/mol. The first-order chi connectivity index (χ1) is 16.0. The molecule has 0 radical (unpaired) electrons. The SMILES string of the molecule is CCCCCCCCCCN(S(=O)(=O)C(F)(F)F)S(=O)(=O)C(F)(F)F.CCCC[N+]1(C)CCCC1. The summed E-state index contributed by atoms with van der Waals surface area (Å²) in [5.74, 6) is 0. The number of alkyl halides is 6. The van der Waals surface area contributed by atoms with E-state index in [-0.39, 0.29) is 6.42 Å². The number of unbranched alkanes of at least 4 members (excludes halogenated alkanes) is 8. The minimum atomic E-state index is -6.66. The predicted molar refractivity (Wildman–Crippen MR) is 124 cm³/mol. The lowest BCUT2D eigenvalue weighted by Gasteiger charge is -2.28. The van der Waals surface area contributed by atoms with Crippen molar-refractivity contribution in [3.8, 4) is 0 Å². The second kappa shape index (κ2) is 15.0. The number of sulfonamides is 2. The van der Waals surface area contributed by atoms with Crippen molar-refractivity contribution in [2.45, 2.75) is 102 Å². The molecule has 0 aromatic rings. The number of hydrogen-bond donors (Lipinski definition) is 0. The summed E-state index contributed by atoms with van der Waals surface area (Å²) in [6, 6.07) is 0. The summed E-state index contributed by atoms with van der Waals surface area (Å²) in [6.45, 7) is 7.15. The predicted octanol–water partition coefficient (Wildman–Crippen LogP) is 6.16. The summed E-state index contributed by atoms with van der Waals surface area (Å²) in [6.07, 6.45) is 10.3. The average molecular weight is 564 g/mol. The Morgan fingerprint density at radius 1 is 0.657 bits per heavy atom. The first-order valence-corrected chi connectivity index (χ1v) is 15.1. The Labute approximate surface area is 206 Å². The molecule has 0 unspecified atom stereocenters. The molecule has 0 spiro atoms. The number of rotatable bonds is 14. The highest BCUT2D eigenvalue weighted by Gasteiger charge is 2.61. The maximum absolute atomic E-state index is 12.5. The fraction of sp³-hybridized carbons (Fsp3) is 1.00. The second-order valence-electron chi connectivity index (χ2n) is 9.22. The van der Waals surface area contributed by atoms with Crippen molar-refractivity contribution >= 4 is 20.0 Å². The Morgan fingerprint density at radius 3 is 1.40 bits per heavy atom. The van der Waals surface area contributed by atoms with Crippen LogP contribution in [0.4, 0.5) is 26.3 Å². The van der Waals surface area contributed by atoms with Crippen molar-refractivity contribution in [3.05, 3.63) is 0 Å². The highest BCUT2D eigenvalue weighted by molar-refractivity contribution is 8.04. The van der Waals surface area contributed by atoms with Crippen LogP contribution in [-0.2, 0) is 20.0 Å². The van der Waals surface area contributed by atoms with Gasteiger partial charge in [-0.3, -0.25) is 0 Å². The first-order valence-electron chi connectivity index (χ1n) is 12.2. The lowest BCUT2D eigenvalue weighted by Crippen LogP contribution is -2.49. The third kappa shape index (κ3) is 11.5. The van der Waals surface area contributed by atoms with Gasteiger partial charge in [0, 0.05) is 19.4 Å². The highest BCUT2D eigenvalue weighted by atomic mass is 32.3. The van der Waals surface area contributed by atoms with Gasteiger partial charge < -0.3 is 4.48 Å². The minimum Gasteiger partial charge on any atom is -0.326 e. The van der Waals surface area contributed by atoms with Crippen LogP contribution < -0.4 is 0 Å². The monoisotopic (exact) mass is 563 g/mol. The van der Waals surface area contributed by atoms with Crippen LogP contribution in [0, 0.1) is 0 Å². The maximum atomic E-state index is 12.5. The van der Waals surface area contributed by atoms with Gasteiger partial charge in [-0.25, -0.2) is 16.8 Å². The van der Waals surface area contributed by atoms with Crippen molar-refractivity contribution in [1.29, 1.82) is 0 Å². The number of likely N-dealkylation sites (tertiary alicyclic amines) is 1. The first kappa shape index (κ1) is 34.4. The van der Waals surface area contributed by atoms with Crippen LogP contribution in [-0.4, -0.2) is 69.3 Å². The van der Waals surface area contributed by atoms with Crippen LogP contribution in [0.3, 0.4) is 0 Å². The van der Waals surface area contributed by atoms with E-state index < -0.39 is 47.7 Å². The summed E-state index contributed by atoms with van der Waals surface area (Å²) in [7, 11) is -10.9. The largest absolute Gasteiger partial charge is 0.512 e.